The SMILES string of the molecule is NCc1cnc(C2CCCCS2)nc1. The van der Waals surface area contributed by atoms with E-state index in [4.69, 9.17) is 5.73 Å². The lowest BCUT2D eigenvalue weighted by Crippen LogP contribution is -2.07. The molecule has 2 rings (SSSR count). The molecular formula is C10H15N3S. The van der Waals surface area contributed by atoms with Crippen LogP contribution in [0.3, 0.4) is 0 Å². The summed E-state index contributed by atoms with van der Waals surface area (Å²) in [5, 5.41) is 0.510. The number of nitrogens with two attached hydrogens (primary N) is 1. The maximum Gasteiger partial charge on any atom is 0.141 e. The lowest BCUT2D eigenvalue weighted by atomic mass is 10.2. The van der Waals surface area contributed by atoms with Gasteiger partial charge in [0.15, 0.2) is 0 Å². The highest BCUT2D eigenvalue weighted by molar-refractivity contribution is 7.99. The molecule has 14 heavy (non-hydrogen) atoms. The van der Waals surface area contributed by atoms with Crippen molar-refractivity contribution >= 4 is 11.8 Å². The second kappa shape index (κ2) is 4.75. The van der Waals surface area contributed by atoms with Gasteiger partial charge in [-0.15, -0.1) is 0 Å². The fourth-order valence-electron chi connectivity index (χ4n) is 1.58. The minimum Gasteiger partial charge on any atom is -0.326 e. The van der Waals surface area contributed by atoms with Crippen molar-refractivity contribution in [3.63, 3.8) is 0 Å². The molecule has 2 heterocycles. The molecule has 1 aliphatic heterocycles. The summed E-state index contributed by atoms with van der Waals surface area (Å²) in [5.74, 6) is 2.22. The van der Waals surface area contributed by atoms with Gasteiger partial charge < -0.3 is 5.73 Å². The molecule has 1 aromatic rings. The van der Waals surface area contributed by atoms with Crippen molar-refractivity contribution in [2.24, 2.45) is 5.73 Å². The van der Waals surface area contributed by atoms with Gasteiger partial charge in [0.1, 0.15) is 5.82 Å². The molecule has 0 radical (unpaired) electrons. The van der Waals surface area contributed by atoms with Gasteiger partial charge in [0.25, 0.3) is 0 Å². The first kappa shape index (κ1) is 9.93. The van der Waals surface area contributed by atoms with Crippen LogP contribution in [0.2, 0.25) is 0 Å². The first-order valence-corrected chi connectivity index (χ1v) is 6.07. The van der Waals surface area contributed by atoms with Gasteiger partial charge in [-0.1, -0.05) is 6.42 Å². The van der Waals surface area contributed by atoms with E-state index in [9.17, 15) is 0 Å². The van der Waals surface area contributed by atoms with Crippen molar-refractivity contribution in [2.75, 3.05) is 5.75 Å². The van der Waals surface area contributed by atoms with E-state index in [1.807, 2.05) is 24.2 Å². The Morgan fingerprint density at radius 2 is 2.14 bits per heavy atom. The first-order chi connectivity index (χ1) is 6.90. The summed E-state index contributed by atoms with van der Waals surface area (Å²) < 4.78 is 0. The standard InChI is InChI=1S/C10H15N3S/c11-5-8-6-12-10(13-7-8)9-3-1-2-4-14-9/h6-7,9H,1-5,11H2. The van der Waals surface area contributed by atoms with Gasteiger partial charge >= 0.3 is 0 Å². The predicted octanol–water partition coefficient (Wildman–Crippen LogP) is 1.89. The van der Waals surface area contributed by atoms with E-state index in [2.05, 4.69) is 9.97 Å². The zero-order valence-electron chi connectivity index (χ0n) is 8.15. The average Bonchev–Trinajstić information content (AvgIpc) is 2.30. The lowest BCUT2D eigenvalue weighted by Gasteiger charge is -2.19. The van der Waals surface area contributed by atoms with Gasteiger partial charge in [-0.3, -0.25) is 0 Å². The zero-order chi connectivity index (χ0) is 9.80. The maximum atomic E-state index is 5.49. The molecule has 2 N–H and O–H groups in total. The van der Waals surface area contributed by atoms with Crippen LogP contribution in [0.4, 0.5) is 0 Å². The molecule has 1 saturated heterocycles. The molecule has 0 aromatic carbocycles. The van der Waals surface area contributed by atoms with Crippen molar-refractivity contribution in [3.8, 4) is 0 Å². The van der Waals surface area contributed by atoms with E-state index in [1.54, 1.807) is 0 Å². The molecule has 0 saturated carbocycles. The lowest BCUT2D eigenvalue weighted by molar-refractivity contribution is 0.660. The van der Waals surface area contributed by atoms with E-state index >= 15 is 0 Å². The number of rotatable bonds is 2. The van der Waals surface area contributed by atoms with E-state index in [0.717, 1.165) is 11.4 Å². The molecule has 0 bridgehead atoms. The molecule has 76 valence electrons. The van der Waals surface area contributed by atoms with Crippen LogP contribution >= 0.6 is 11.8 Å². The highest BCUT2D eigenvalue weighted by Crippen LogP contribution is 2.36. The van der Waals surface area contributed by atoms with Gasteiger partial charge in [-0.25, -0.2) is 9.97 Å². The summed E-state index contributed by atoms with van der Waals surface area (Å²) in [5.41, 5.74) is 6.50. The second-order valence-electron chi connectivity index (χ2n) is 3.51. The Bertz CT molecular complexity index is 280. The summed E-state index contributed by atoms with van der Waals surface area (Å²) >= 11 is 1.97. The van der Waals surface area contributed by atoms with Crippen molar-refractivity contribution in [1.82, 2.24) is 9.97 Å². The van der Waals surface area contributed by atoms with Gasteiger partial charge in [0.2, 0.25) is 0 Å². The van der Waals surface area contributed by atoms with Gasteiger partial charge in [0.05, 0.1) is 5.25 Å². The molecule has 1 fully saturated rings. The topological polar surface area (TPSA) is 51.8 Å². The van der Waals surface area contributed by atoms with Crippen molar-refractivity contribution < 1.29 is 0 Å². The van der Waals surface area contributed by atoms with Crippen LogP contribution in [0.1, 0.15) is 35.9 Å². The van der Waals surface area contributed by atoms with Crippen molar-refractivity contribution in [2.45, 2.75) is 31.1 Å². The average molecular weight is 209 g/mol. The smallest absolute Gasteiger partial charge is 0.141 e. The van der Waals surface area contributed by atoms with Crippen LogP contribution in [0.5, 0.6) is 0 Å². The summed E-state index contributed by atoms with van der Waals surface area (Å²) in [6, 6.07) is 0. The van der Waals surface area contributed by atoms with Gasteiger partial charge in [0, 0.05) is 24.5 Å². The third kappa shape index (κ3) is 2.25. The number of nitrogens with zero attached hydrogens (tertiary/aromatic N) is 2. The van der Waals surface area contributed by atoms with Crippen molar-refractivity contribution in [1.29, 1.82) is 0 Å². The first-order valence-electron chi connectivity index (χ1n) is 5.02. The second-order valence-corrected chi connectivity index (χ2v) is 4.82. The largest absolute Gasteiger partial charge is 0.326 e. The minimum atomic E-state index is 0.510. The molecule has 0 spiro atoms. The molecule has 3 nitrogen and oxygen atoms in total. The Labute approximate surface area is 88.5 Å². The van der Waals surface area contributed by atoms with E-state index in [-0.39, 0.29) is 0 Å². The van der Waals surface area contributed by atoms with Crippen LogP contribution in [0, 0.1) is 0 Å². The molecule has 0 amide bonds. The number of hydrogen-bond acceptors (Lipinski definition) is 4. The Balaban J connectivity index is 2.07. The summed E-state index contributed by atoms with van der Waals surface area (Å²) in [7, 11) is 0. The summed E-state index contributed by atoms with van der Waals surface area (Å²) in [4.78, 5) is 8.72. The number of hydrogen-bond donors (Lipinski definition) is 1. The number of aromatic nitrogens is 2. The Morgan fingerprint density at radius 1 is 1.36 bits per heavy atom. The normalized spacial score (nSPS) is 22.2. The molecular weight excluding hydrogens is 194 g/mol. The van der Waals surface area contributed by atoms with Crippen LogP contribution in [0.15, 0.2) is 12.4 Å². The van der Waals surface area contributed by atoms with Crippen LogP contribution in [0.25, 0.3) is 0 Å². The quantitative estimate of drug-likeness (QED) is 0.808. The highest BCUT2D eigenvalue weighted by Gasteiger charge is 2.17. The fourth-order valence-corrected chi connectivity index (χ4v) is 2.84. The van der Waals surface area contributed by atoms with Gasteiger partial charge in [-0.05, 0) is 18.6 Å². The third-order valence-electron chi connectivity index (χ3n) is 2.43. The minimum absolute atomic E-state index is 0.510. The van der Waals surface area contributed by atoms with Gasteiger partial charge in [-0.2, -0.15) is 11.8 Å². The van der Waals surface area contributed by atoms with E-state index in [0.29, 0.717) is 11.8 Å². The van der Waals surface area contributed by atoms with E-state index < -0.39 is 0 Å². The number of thioether (sulfide) groups is 1. The van der Waals surface area contributed by atoms with E-state index in [1.165, 1.54) is 25.0 Å². The molecule has 1 aliphatic rings. The molecule has 1 aromatic heterocycles. The Morgan fingerprint density at radius 3 is 2.71 bits per heavy atom. The summed E-state index contributed by atoms with van der Waals surface area (Å²) in [6.07, 6.45) is 7.54. The van der Waals surface area contributed by atoms with Crippen LogP contribution in [-0.2, 0) is 6.54 Å². The predicted molar refractivity (Wildman–Crippen MR) is 59.0 cm³/mol. The van der Waals surface area contributed by atoms with Crippen molar-refractivity contribution in [3.05, 3.63) is 23.8 Å². The molecule has 0 aliphatic carbocycles. The Kier molecular flexibility index (Phi) is 3.37. The zero-order valence-corrected chi connectivity index (χ0v) is 8.96. The molecule has 4 heteroatoms. The van der Waals surface area contributed by atoms with Crippen LogP contribution in [-0.4, -0.2) is 15.7 Å². The molecule has 1 atom stereocenters. The highest BCUT2D eigenvalue weighted by atomic mass is 32.2. The Hall–Kier alpha value is -0.610. The third-order valence-corrected chi connectivity index (χ3v) is 3.80. The van der Waals surface area contributed by atoms with Crippen LogP contribution < -0.4 is 5.73 Å². The molecule has 1 unspecified atom stereocenters. The summed E-state index contributed by atoms with van der Waals surface area (Å²) in [6.45, 7) is 0.526. The fraction of sp³-hybridized carbons (Fsp3) is 0.600. The maximum absolute atomic E-state index is 5.49. The monoisotopic (exact) mass is 209 g/mol.